The second-order valence-electron chi connectivity index (χ2n) is 5.87. The average Bonchev–Trinajstić information content (AvgIpc) is 3.32. The number of carboxylic acid groups (broad SMARTS) is 1. The predicted octanol–water partition coefficient (Wildman–Crippen LogP) is 1.95. The van der Waals surface area contributed by atoms with Crippen molar-refractivity contribution >= 4 is 33.4 Å². The lowest BCUT2D eigenvalue weighted by atomic mass is 10.2. The van der Waals surface area contributed by atoms with Crippen LogP contribution in [0.1, 0.15) is 34.4 Å². The van der Waals surface area contributed by atoms with Gasteiger partial charge in [-0.15, -0.1) is 16.4 Å². The third kappa shape index (κ3) is 2.98. The lowest BCUT2D eigenvalue weighted by Gasteiger charge is -2.22. The molecule has 2 aromatic heterocycles. The second kappa shape index (κ2) is 6.25. The molecule has 0 bridgehead atoms. The molecule has 1 unspecified atom stereocenters. The van der Waals surface area contributed by atoms with E-state index >= 15 is 0 Å². The highest BCUT2D eigenvalue weighted by Crippen LogP contribution is 2.36. The first kappa shape index (κ1) is 15.7. The van der Waals surface area contributed by atoms with Gasteiger partial charge in [-0.2, -0.15) is 0 Å². The maximum Gasteiger partial charge on any atom is 0.358 e. The fourth-order valence-electron chi connectivity index (χ4n) is 3.06. The highest BCUT2D eigenvalue weighted by atomic mass is 32.1. The molecule has 0 aliphatic carbocycles. The Morgan fingerprint density at radius 1 is 1.32 bits per heavy atom. The molecule has 1 aliphatic rings. The Labute approximate surface area is 146 Å². The minimum Gasteiger partial charge on any atom is -0.476 e. The normalized spacial score (nSPS) is 17.3. The number of para-hydroxylation sites is 1. The summed E-state index contributed by atoms with van der Waals surface area (Å²) in [6, 6.07) is 7.90. The zero-order valence-electron chi connectivity index (χ0n) is 13.2. The quantitative estimate of drug-likeness (QED) is 0.766. The van der Waals surface area contributed by atoms with Crippen LogP contribution in [-0.4, -0.2) is 48.4 Å². The topological polar surface area (TPSA) is 101 Å². The molecule has 3 heterocycles. The molecule has 1 amide bonds. The number of hydrogen-bond donors (Lipinski definition) is 1. The number of carbonyl (C=O) groups excluding carboxylic acids is 1. The summed E-state index contributed by atoms with van der Waals surface area (Å²) < 4.78 is 2.37. The fraction of sp³-hybridized carbons (Fsp3) is 0.312. The highest BCUT2D eigenvalue weighted by molar-refractivity contribution is 7.18. The van der Waals surface area contributed by atoms with E-state index in [0.29, 0.717) is 6.54 Å². The Bertz CT molecular complexity index is 917. The van der Waals surface area contributed by atoms with Gasteiger partial charge in [-0.3, -0.25) is 4.79 Å². The average molecular weight is 357 g/mol. The number of carbonyl (C=O) groups is 2. The minimum absolute atomic E-state index is 0.0261. The predicted molar refractivity (Wildman–Crippen MR) is 90.3 cm³/mol. The summed E-state index contributed by atoms with van der Waals surface area (Å²) in [5.41, 5.74) is 0.779. The molecule has 1 saturated heterocycles. The maximum atomic E-state index is 12.7. The van der Waals surface area contributed by atoms with Crippen molar-refractivity contribution < 1.29 is 14.7 Å². The Hall–Kier alpha value is -2.81. The van der Waals surface area contributed by atoms with Crippen LogP contribution in [0.15, 0.2) is 30.5 Å². The number of thiazole rings is 1. The van der Waals surface area contributed by atoms with Crippen molar-refractivity contribution in [2.45, 2.75) is 25.4 Å². The molecule has 1 aromatic carbocycles. The Kier molecular flexibility index (Phi) is 3.92. The van der Waals surface area contributed by atoms with E-state index in [1.54, 1.807) is 16.2 Å². The largest absolute Gasteiger partial charge is 0.476 e. The Balaban J connectivity index is 1.53. The van der Waals surface area contributed by atoms with Gasteiger partial charge < -0.3 is 10.0 Å². The minimum atomic E-state index is -1.16. The van der Waals surface area contributed by atoms with Crippen LogP contribution < -0.4 is 0 Å². The molecule has 9 heteroatoms. The van der Waals surface area contributed by atoms with Crippen molar-refractivity contribution in [1.82, 2.24) is 24.9 Å². The summed E-state index contributed by atoms with van der Waals surface area (Å²) in [7, 11) is 0. The SMILES string of the molecule is O=C(O)c1cn(CC(=O)N2CCCC2c2nc3ccccc3s2)nn1. The molecule has 1 atom stereocenters. The van der Waals surface area contributed by atoms with Crippen LogP contribution in [0.4, 0.5) is 0 Å². The summed E-state index contributed by atoms with van der Waals surface area (Å²) in [6.45, 7) is 0.640. The van der Waals surface area contributed by atoms with E-state index < -0.39 is 5.97 Å². The van der Waals surface area contributed by atoms with Gasteiger partial charge in [-0.1, -0.05) is 17.3 Å². The van der Waals surface area contributed by atoms with Crippen molar-refractivity contribution in [2.75, 3.05) is 6.54 Å². The van der Waals surface area contributed by atoms with Gasteiger partial charge in [0.1, 0.15) is 11.6 Å². The van der Waals surface area contributed by atoms with Crippen LogP contribution in [-0.2, 0) is 11.3 Å². The van der Waals surface area contributed by atoms with Gasteiger partial charge >= 0.3 is 5.97 Å². The third-order valence-corrected chi connectivity index (χ3v) is 5.36. The van der Waals surface area contributed by atoms with Crippen molar-refractivity contribution in [3.05, 3.63) is 41.2 Å². The van der Waals surface area contributed by atoms with Gasteiger partial charge in [0.2, 0.25) is 5.91 Å². The van der Waals surface area contributed by atoms with Crippen LogP contribution in [0.2, 0.25) is 0 Å². The zero-order valence-corrected chi connectivity index (χ0v) is 14.0. The summed E-state index contributed by atoms with van der Waals surface area (Å²) >= 11 is 1.61. The molecule has 1 N–H and O–H groups in total. The van der Waals surface area contributed by atoms with Crippen LogP contribution in [0, 0.1) is 0 Å². The molecule has 1 aliphatic heterocycles. The van der Waals surface area contributed by atoms with Crippen LogP contribution in [0.5, 0.6) is 0 Å². The van der Waals surface area contributed by atoms with Gasteiger partial charge in [-0.25, -0.2) is 14.5 Å². The van der Waals surface area contributed by atoms with Crippen molar-refractivity contribution in [3.8, 4) is 0 Å². The maximum absolute atomic E-state index is 12.7. The monoisotopic (exact) mass is 357 g/mol. The zero-order chi connectivity index (χ0) is 17.4. The van der Waals surface area contributed by atoms with Gasteiger partial charge in [-0.05, 0) is 25.0 Å². The van der Waals surface area contributed by atoms with Crippen LogP contribution >= 0.6 is 11.3 Å². The van der Waals surface area contributed by atoms with E-state index in [-0.39, 0.29) is 24.2 Å². The number of likely N-dealkylation sites (tertiary alicyclic amines) is 1. The number of amides is 1. The van der Waals surface area contributed by atoms with Crippen LogP contribution in [0.3, 0.4) is 0 Å². The summed E-state index contributed by atoms with van der Waals surface area (Å²) in [5, 5.41) is 17.1. The number of aromatic carboxylic acids is 1. The number of aromatic nitrogens is 4. The fourth-order valence-corrected chi connectivity index (χ4v) is 4.17. The molecule has 128 valence electrons. The van der Waals surface area contributed by atoms with Crippen molar-refractivity contribution in [2.24, 2.45) is 0 Å². The molecule has 8 nitrogen and oxygen atoms in total. The van der Waals surface area contributed by atoms with E-state index in [1.807, 2.05) is 24.3 Å². The van der Waals surface area contributed by atoms with Gasteiger partial charge in [0, 0.05) is 6.54 Å². The van der Waals surface area contributed by atoms with Gasteiger partial charge in [0.05, 0.1) is 22.5 Å². The van der Waals surface area contributed by atoms with E-state index in [4.69, 9.17) is 5.11 Å². The lowest BCUT2D eigenvalue weighted by Crippen LogP contribution is -2.33. The molecule has 0 spiro atoms. The van der Waals surface area contributed by atoms with E-state index in [9.17, 15) is 9.59 Å². The first-order chi connectivity index (χ1) is 12.1. The van der Waals surface area contributed by atoms with Gasteiger partial charge in [0.25, 0.3) is 0 Å². The summed E-state index contributed by atoms with van der Waals surface area (Å²) in [6.07, 6.45) is 3.07. The molecule has 4 rings (SSSR count). The molecule has 3 aromatic rings. The molecule has 1 fully saturated rings. The van der Waals surface area contributed by atoms with E-state index in [0.717, 1.165) is 28.1 Å². The molecule has 0 radical (unpaired) electrons. The molecule has 0 saturated carbocycles. The number of rotatable bonds is 4. The van der Waals surface area contributed by atoms with Crippen molar-refractivity contribution in [1.29, 1.82) is 0 Å². The van der Waals surface area contributed by atoms with Crippen molar-refractivity contribution in [3.63, 3.8) is 0 Å². The van der Waals surface area contributed by atoms with Gasteiger partial charge in [0.15, 0.2) is 5.69 Å². The number of fused-ring (bicyclic) bond motifs is 1. The summed E-state index contributed by atoms with van der Waals surface area (Å²) in [4.78, 5) is 30.0. The molecule has 25 heavy (non-hydrogen) atoms. The summed E-state index contributed by atoms with van der Waals surface area (Å²) in [5.74, 6) is -1.27. The smallest absolute Gasteiger partial charge is 0.358 e. The van der Waals surface area contributed by atoms with Crippen LogP contribution in [0.25, 0.3) is 10.2 Å². The standard InChI is InChI=1S/C16H15N5O3S/c22-14(9-20-8-11(16(23)24)18-19-20)21-7-3-5-12(21)15-17-10-4-1-2-6-13(10)25-15/h1-2,4,6,8,12H,3,5,7,9H2,(H,23,24). The Morgan fingerprint density at radius 3 is 2.92 bits per heavy atom. The number of nitrogens with zero attached hydrogens (tertiary/aromatic N) is 5. The third-order valence-electron chi connectivity index (χ3n) is 4.22. The number of carboxylic acids is 1. The first-order valence-electron chi connectivity index (χ1n) is 7.90. The number of hydrogen-bond acceptors (Lipinski definition) is 6. The highest BCUT2D eigenvalue weighted by Gasteiger charge is 2.32. The first-order valence-corrected chi connectivity index (χ1v) is 8.72. The second-order valence-corrected chi connectivity index (χ2v) is 6.93. The Morgan fingerprint density at radius 2 is 2.16 bits per heavy atom. The molecular weight excluding hydrogens is 342 g/mol. The number of benzene rings is 1. The van der Waals surface area contributed by atoms with E-state index in [2.05, 4.69) is 15.3 Å². The van der Waals surface area contributed by atoms with E-state index in [1.165, 1.54) is 10.9 Å². The molecular formula is C16H15N5O3S. The lowest BCUT2D eigenvalue weighted by molar-refractivity contribution is -0.133.